The molecule has 1 aromatic rings. The number of guanidine groups is 1. The number of nitrogens with one attached hydrogen (secondary N) is 2. The molecule has 1 aliphatic heterocycles. The molecule has 0 saturated carbocycles. The first-order valence-corrected chi connectivity index (χ1v) is 9.99. The summed E-state index contributed by atoms with van der Waals surface area (Å²) in [5, 5.41) is 6.87. The lowest BCUT2D eigenvalue weighted by molar-refractivity contribution is 0.274. The van der Waals surface area contributed by atoms with Crippen LogP contribution in [0.15, 0.2) is 23.2 Å². The normalized spacial score (nSPS) is 17.2. The second kappa shape index (κ2) is 11.2. The third-order valence-electron chi connectivity index (χ3n) is 4.97. The van der Waals surface area contributed by atoms with Gasteiger partial charge in [-0.2, -0.15) is 0 Å². The highest BCUT2D eigenvalue weighted by atomic mass is 15.2. The number of aliphatic imine (C=N–C) groups is 1. The highest BCUT2D eigenvalue weighted by Crippen LogP contribution is 2.09. The summed E-state index contributed by atoms with van der Waals surface area (Å²) in [6, 6.07) is 6.76. The minimum atomic E-state index is 0.904. The van der Waals surface area contributed by atoms with Gasteiger partial charge in [0.05, 0.1) is 0 Å². The largest absolute Gasteiger partial charge is 0.356 e. The highest BCUT2D eigenvalue weighted by molar-refractivity contribution is 5.79. The highest BCUT2D eigenvalue weighted by Gasteiger charge is 2.11. The van der Waals surface area contributed by atoms with E-state index >= 15 is 0 Å². The third kappa shape index (κ3) is 7.75. The second-order valence-corrected chi connectivity index (χ2v) is 7.52. The minimum absolute atomic E-state index is 0.904. The molecule has 0 aliphatic carbocycles. The molecule has 2 rings (SSSR count). The summed E-state index contributed by atoms with van der Waals surface area (Å²) in [5.41, 5.74) is 4.06. The first kappa shape index (κ1) is 20.7. The molecule has 0 bridgehead atoms. The molecule has 0 amide bonds. The zero-order valence-corrected chi connectivity index (χ0v) is 17.1. The summed E-state index contributed by atoms with van der Waals surface area (Å²) in [6.45, 7) is 12.2. The van der Waals surface area contributed by atoms with E-state index in [4.69, 9.17) is 0 Å². The fraction of sp³-hybridized carbons (Fsp3) is 0.667. The number of likely N-dealkylation sites (N-methyl/N-ethyl adjacent to an activating group) is 1. The maximum absolute atomic E-state index is 4.34. The van der Waals surface area contributed by atoms with Crippen molar-refractivity contribution in [1.82, 2.24) is 20.4 Å². The van der Waals surface area contributed by atoms with E-state index in [1.807, 2.05) is 7.05 Å². The summed E-state index contributed by atoms with van der Waals surface area (Å²) in [6.07, 6.45) is 3.46. The average Bonchev–Trinajstić information content (AvgIpc) is 2.80. The third-order valence-corrected chi connectivity index (χ3v) is 4.97. The van der Waals surface area contributed by atoms with Gasteiger partial charge in [-0.3, -0.25) is 4.99 Å². The maximum atomic E-state index is 4.34. The standard InChI is InChI=1S/C21H37N5/c1-18-15-19(2)17-20(16-18)7-9-24-21(22-3)23-8-5-11-26-12-6-10-25(4)13-14-26/h15-17H,5-14H2,1-4H3,(H2,22,23,24). The Morgan fingerprint density at radius 1 is 1.00 bits per heavy atom. The van der Waals surface area contributed by atoms with Crippen LogP contribution in [0.1, 0.15) is 29.5 Å². The number of hydrogen-bond donors (Lipinski definition) is 2. The molecule has 1 fully saturated rings. The van der Waals surface area contributed by atoms with Gasteiger partial charge in [0.2, 0.25) is 0 Å². The summed E-state index contributed by atoms with van der Waals surface area (Å²) in [7, 11) is 4.07. The van der Waals surface area contributed by atoms with Gasteiger partial charge < -0.3 is 20.4 Å². The van der Waals surface area contributed by atoms with Gasteiger partial charge in [0.15, 0.2) is 5.96 Å². The van der Waals surface area contributed by atoms with Crippen LogP contribution in [-0.4, -0.2) is 75.7 Å². The molecule has 146 valence electrons. The molecule has 0 unspecified atom stereocenters. The van der Waals surface area contributed by atoms with Crippen molar-refractivity contribution in [3.63, 3.8) is 0 Å². The summed E-state index contributed by atoms with van der Waals surface area (Å²) in [5.74, 6) is 0.907. The van der Waals surface area contributed by atoms with E-state index in [-0.39, 0.29) is 0 Å². The monoisotopic (exact) mass is 359 g/mol. The molecule has 1 saturated heterocycles. The molecule has 0 atom stereocenters. The molecule has 2 N–H and O–H groups in total. The quantitative estimate of drug-likeness (QED) is 0.444. The van der Waals surface area contributed by atoms with Gasteiger partial charge >= 0.3 is 0 Å². The van der Waals surface area contributed by atoms with Crippen molar-refractivity contribution < 1.29 is 0 Å². The Bertz CT molecular complexity index is 549. The predicted molar refractivity (Wildman–Crippen MR) is 112 cm³/mol. The van der Waals surface area contributed by atoms with Gasteiger partial charge in [-0.1, -0.05) is 29.3 Å². The molecular weight excluding hydrogens is 322 g/mol. The van der Waals surface area contributed by atoms with E-state index in [1.54, 1.807) is 0 Å². The molecular formula is C21H37N5. The Morgan fingerprint density at radius 2 is 1.73 bits per heavy atom. The van der Waals surface area contributed by atoms with Crippen molar-refractivity contribution in [2.45, 2.75) is 33.1 Å². The van der Waals surface area contributed by atoms with Crippen LogP contribution in [0.25, 0.3) is 0 Å². The summed E-state index contributed by atoms with van der Waals surface area (Å²) >= 11 is 0. The molecule has 1 aromatic carbocycles. The molecule has 1 heterocycles. The van der Waals surface area contributed by atoms with Crippen molar-refractivity contribution in [2.75, 3.05) is 59.9 Å². The Morgan fingerprint density at radius 3 is 2.46 bits per heavy atom. The van der Waals surface area contributed by atoms with Gasteiger partial charge in [0.1, 0.15) is 0 Å². The molecule has 0 aromatic heterocycles. The van der Waals surface area contributed by atoms with E-state index in [1.165, 1.54) is 55.8 Å². The maximum Gasteiger partial charge on any atom is 0.190 e. The van der Waals surface area contributed by atoms with E-state index in [2.05, 4.69) is 64.5 Å². The van der Waals surface area contributed by atoms with Gasteiger partial charge in [-0.05, 0) is 65.4 Å². The Labute approximate surface area is 159 Å². The van der Waals surface area contributed by atoms with Crippen molar-refractivity contribution >= 4 is 5.96 Å². The van der Waals surface area contributed by atoms with Crippen LogP contribution < -0.4 is 10.6 Å². The number of benzene rings is 1. The first-order chi connectivity index (χ1) is 12.6. The van der Waals surface area contributed by atoms with Crippen LogP contribution in [0.4, 0.5) is 0 Å². The molecule has 0 spiro atoms. The van der Waals surface area contributed by atoms with Crippen molar-refractivity contribution in [3.8, 4) is 0 Å². The average molecular weight is 360 g/mol. The SMILES string of the molecule is CN=C(NCCCN1CCCN(C)CC1)NCCc1cc(C)cc(C)c1. The van der Waals surface area contributed by atoms with Crippen LogP contribution in [0.5, 0.6) is 0 Å². The number of aryl methyl sites for hydroxylation is 2. The first-order valence-electron chi connectivity index (χ1n) is 9.99. The van der Waals surface area contributed by atoms with Crippen molar-refractivity contribution in [1.29, 1.82) is 0 Å². The summed E-state index contributed by atoms with van der Waals surface area (Å²) < 4.78 is 0. The van der Waals surface area contributed by atoms with Gasteiger partial charge in [-0.25, -0.2) is 0 Å². The number of rotatable bonds is 7. The fourth-order valence-corrected chi connectivity index (χ4v) is 3.59. The molecule has 26 heavy (non-hydrogen) atoms. The van der Waals surface area contributed by atoms with Gasteiger partial charge in [0.25, 0.3) is 0 Å². The molecule has 5 nitrogen and oxygen atoms in total. The van der Waals surface area contributed by atoms with Crippen LogP contribution in [0.3, 0.4) is 0 Å². The van der Waals surface area contributed by atoms with Crippen LogP contribution in [-0.2, 0) is 6.42 Å². The van der Waals surface area contributed by atoms with Crippen LogP contribution >= 0.6 is 0 Å². The smallest absolute Gasteiger partial charge is 0.190 e. The number of hydrogen-bond acceptors (Lipinski definition) is 3. The molecule has 1 aliphatic rings. The Hall–Kier alpha value is -1.59. The van der Waals surface area contributed by atoms with Crippen molar-refractivity contribution in [2.24, 2.45) is 4.99 Å². The van der Waals surface area contributed by atoms with E-state index in [9.17, 15) is 0 Å². The minimum Gasteiger partial charge on any atom is -0.356 e. The second-order valence-electron chi connectivity index (χ2n) is 7.52. The van der Waals surface area contributed by atoms with E-state index in [0.29, 0.717) is 0 Å². The zero-order valence-electron chi connectivity index (χ0n) is 17.1. The van der Waals surface area contributed by atoms with Crippen LogP contribution in [0, 0.1) is 13.8 Å². The van der Waals surface area contributed by atoms with E-state index < -0.39 is 0 Å². The Balaban J connectivity index is 1.61. The molecule has 0 radical (unpaired) electrons. The fourth-order valence-electron chi connectivity index (χ4n) is 3.59. The Kier molecular flexibility index (Phi) is 8.92. The summed E-state index contributed by atoms with van der Waals surface area (Å²) in [4.78, 5) is 9.35. The van der Waals surface area contributed by atoms with Crippen LogP contribution in [0.2, 0.25) is 0 Å². The topological polar surface area (TPSA) is 42.9 Å². The van der Waals surface area contributed by atoms with Gasteiger partial charge in [-0.15, -0.1) is 0 Å². The lowest BCUT2D eigenvalue weighted by Gasteiger charge is -2.20. The molecule has 5 heteroatoms. The van der Waals surface area contributed by atoms with E-state index in [0.717, 1.165) is 31.9 Å². The lowest BCUT2D eigenvalue weighted by atomic mass is 10.1. The zero-order chi connectivity index (χ0) is 18.8. The van der Waals surface area contributed by atoms with Crippen molar-refractivity contribution in [3.05, 3.63) is 34.9 Å². The number of nitrogens with zero attached hydrogens (tertiary/aromatic N) is 3. The lowest BCUT2D eigenvalue weighted by Crippen LogP contribution is -2.40. The van der Waals surface area contributed by atoms with Gasteiger partial charge in [0, 0.05) is 33.2 Å². The predicted octanol–water partition coefficient (Wildman–Crippen LogP) is 2.04.